The molecule has 1 saturated carbocycles. The van der Waals surface area contributed by atoms with Crippen LogP contribution in [0.3, 0.4) is 0 Å². The summed E-state index contributed by atoms with van der Waals surface area (Å²) in [4.78, 5) is 0. The first-order valence-electron chi connectivity index (χ1n) is 6.79. The van der Waals surface area contributed by atoms with Crippen molar-refractivity contribution in [3.63, 3.8) is 0 Å². The van der Waals surface area contributed by atoms with Gasteiger partial charge in [-0.25, -0.2) is 0 Å². The minimum absolute atomic E-state index is 0.195. The van der Waals surface area contributed by atoms with Gasteiger partial charge >= 0.3 is 0 Å². The monoisotopic (exact) mass is 249 g/mol. The van der Waals surface area contributed by atoms with E-state index in [4.69, 9.17) is 4.74 Å². The van der Waals surface area contributed by atoms with Gasteiger partial charge in [0.05, 0.1) is 13.2 Å². The van der Waals surface area contributed by atoms with Crippen LogP contribution in [0.1, 0.15) is 44.2 Å². The third kappa shape index (κ3) is 3.24. The van der Waals surface area contributed by atoms with Gasteiger partial charge in [-0.05, 0) is 37.5 Å². The first-order valence-corrected chi connectivity index (χ1v) is 6.79. The summed E-state index contributed by atoms with van der Waals surface area (Å²) in [6.07, 6.45) is 4.16. The lowest BCUT2D eigenvalue weighted by molar-refractivity contribution is 0.0860. The van der Waals surface area contributed by atoms with Crippen molar-refractivity contribution in [2.24, 2.45) is 0 Å². The molecule has 0 heterocycles. The van der Waals surface area contributed by atoms with E-state index in [-0.39, 0.29) is 18.2 Å². The minimum atomic E-state index is -0.195. The number of methoxy groups -OCH3 is 1. The second kappa shape index (κ2) is 6.21. The number of nitrogens with one attached hydrogen (secondary N) is 1. The highest BCUT2D eigenvalue weighted by atomic mass is 16.5. The summed E-state index contributed by atoms with van der Waals surface area (Å²) in [6.45, 7) is 2.14. The van der Waals surface area contributed by atoms with E-state index < -0.39 is 0 Å². The highest BCUT2D eigenvalue weighted by Crippen LogP contribution is 2.23. The number of aliphatic hydroxyl groups is 1. The van der Waals surface area contributed by atoms with Crippen LogP contribution in [-0.4, -0.2) is 24.4 Å². The highest BCUT2D eigenvalue weighted by molar-refractivity contribution is 5.28. The van der Waals surface area contributed by atoms with Crippen LogP contribution in [0.5, 0.6) is 5.75 Å². The van der Waals surface area contributed by atoms with Gasteiger partial charge in [-0.3, -0.25) is 0 Å². The summed E-state index contributed by atoms with van der Waals surface area (Å²) in [6, 6.07) is 8.59. The van der Waals surface area contributed by atoms with Crippen LogP contribution in [0.4, 0.5) is 0 Å². The molecule has 1 aromatic rings. The molecule has 1 aromatic carbocycles. The van der Waals surface area contributed by atoms with Gasteiger partial charge < -0.3 is 15.2 Å². The van der Waals surface area contributed by atoms with Gasteiger partial charge in [-0.1, -0.05) is 25.0 Å². The highest BCUT2D eigenvalue weighted by Gasteiger charge is 2.24. The number of hydrogen-bond acceptors (Lipinski definition) is 3. The summed E-state index contributed by atoms with van der Waals surface area (Å²) in [5.74, 6) is 0.878. The SMILES string of the molecule is COc1ccc([C@@H](C)N[C@@H]2CCCC[C@H]2O)cc1. The molecule has 18 heavy (non-hydrogen) atoms. The molecule has 0 amide bonds. The molecule has 0 spiro atoms. The van der Waals surface area contributed by atoms with Crippen molar-refractivity contribution in [3.05, 3.63) is 29.8 Å². The average molecular weight is 249 g/mol. The lowest BCUT2D eigenvalue weighted by Crippen LogP contribution is -2.43. The first kappa shape index (κ1) is 13.4. The van der Waals surface area contributed by atoms with E-state index in [1.165, 1.54) is 12.0 Å². The molecule has 0 bridgehead atoms. The summed E-state index contributed by atoms with van der Waals surface area (Å²) >= 11 is 0. The molecule has 0 unspecified atom stereocenters. The van der Waals surface area contributed by atoms with E-state index in [2.05, 4.69) is 24.4 Å². The lowest BCUT2D eigenvalue weighted by Gasteiger charge is -2.31. The summed E-state index contributed by atoms with van der Waals surface area (Å²) in [7, 11) is 1.68. The Kier molecular flexibility index (Phi) is 4.61. The third-order valence-electron chi connectivity index (χ3n) is 3.81. The molecule has 0 saturated heterocycles. The molecule has 1 aliphatic rings. The molecule has 0 radical (unpaired) electrons. The molecule has 0 aromatic heterocycles. The average Bonchev–Trinajstić information content (AvgIpc) is 2.41. The van der Waals surface area contributed by atoms with E-state index in [0.717, 1.165) is 25.0 Å². The number of aliphatic hydroxyl groups excluding tert-OH is 1. The molecule has 0 aliphatic heterocycles. The van der Waals surface area contributed by atoms with E-state index in [1.807, 2.05) is 12.1 Å². The van der Waals surface area contributed by atoms with Gasteiger partial charge in [-0.2, -0.15) is 0 Å². The standard InChI is InChI=1S/C15H23NO2/c1-11(12-7-9-13(18-2)10-8-12)16-14-5-3-4-6-15(14)17/h7-11,14-17H,3-6H2,1-2H3/t11-,14-,15-/m1/s1. The minimum Gasteiger partial charge on any atom is -0.497 e. The van der Waals surface area contributed by atoms with Crippen molar-refractivity contribution in [1.82, 2.24) is 5.32 Å². The largest absolute Gasteiger partial charge is 0.497 e. The maximum Gasteiger partial charge on any atom is 0.118 e. The maximum absolute atomic E-state index is 9.96. The van der Waals surface area contributed by atoms with E-state index in [9.17, 15) is 5.11 Å². The predicted octanol–water partition coefficient (Wildman–Crippen LogP) is 2.65. The maximum atomic E-state index is 9.96. The first-order chi connectivity index (χ1) is 8.70. The fourth-order valence-corrected chi connectivity index (χ4v) is 2.62. The number of hydrogen-bond donors (Lipinski definition) is 2. The quantitative estimate of drug-likeness (QED) is 0.862. The predicted molar refractivity (Wildman–Crippen MR) is 72.8 cm³/mol. The van der Waals surface area contributed by atoms with Crippen LogP contribution in [0.15, 0.2) is 24.3 Å². The summed E-state index contributed by atoms with van der Waals surface area (Å²) < 4.78 is 5.16. The normalized spacial score (nSPS) is 25.7. The topological polar surface area (TPSA) is 41.5 Å². The zero-order valence-corrected chi connectivity index (χ0v) is 11.2. The van der Waals surface area contributed by atoms with E-state index in [1.54, 1.807) is 7.11 Å². The van der Waals surface area contributed by atoms with Gasteiger partial charge in [0.2, 0.25) is 0 Å². The van der Waals surface area contributed by atoms with Crippen LogP contribution in [0.25, 0.3) is 0 Å². The number of rotatable bonds is 4. The van der Waals surface area contributed by atoms with Crippen LogP contribution < -0.4 is 10.1 Å². The van der Waals surface area contributed by atoms with Crippen molar-refractivity contribution < 1.29 is 9.84 Å². The third-order valence-corrected chi connectivity index (χ3v) is 3.81. The Morgan fingerprint density at radius 2 is 1.89 bits per heavy atom. The molecule has 2 rings (SSSR count). The molecular formula is C15H23NO2. The van der Waals surface area contributed by atoms with Crippen molar-refractivity contribution >= 4 is 0 Å². The Morgan fingerprint density at radius 1 is 1.22 bits per heavy atom. The van der Waals surface area contributed by atoms with E-state index >= 15 is 0 Å². The Bertz CT molecular complexity index is 363. The fourth-order valence-electron chi connectivity index (χ4n) is 2.62. The molecule has 1 fully saturated rings. The Balaban J connectivity index is 1.95. The molecule has 1 aliphatic carbocycles. The van der Waals surface area contributed by atoms with Crippen molar-refractivity contribution in [1.29, 1.82) is 0 Å². The molecule has 3 nitrogen and oxygen atoms in total. The van der Waals surface area contributed by atoms with Gasteiger partial charge in [0.25, 0.3) is 0 Å². The molecule has 3 heteroatoms. The molecule has 2 N–H and O–H groups in total. The van der Waals surface area contributed by atoms with Gasteiger partial charge in [0.1, 0.15) is 5.75 Å². The van der Waals surface area contributed by atoms with E-state index in [0.29, 0.717) is 0 Å². The molecule has 3 atom stereocenters. The lowest BCUT2D eigenvalue weighted by atomic mass is 9.91. The van der Waals surface area contributed by atoms with Crippen molar-refractivity contribution in [3.8, 4) is 5.75 Å². The number of benzene rings is 1. The second-order valence-electron chi connectivity index (χ2n) is 5.12. The summed E-state index contributed by atoms with van der Waals surface area (Å²) in [5, 5.41) is 13.5. The Morgan fingerprint density at radius 3 is 2.50 bits per heavy atom. The van der Waals surface area contributed by atoms with Gasteiger partial charge in [0, 0.05) is 12.1 Å². The molecular weight excluding hydrogens is 226 g/mol. The summed E-state index contributed by atoms with van der Waals surface area (Å²) in [5.41, 5.74) is 1.23. The van der Waals surface area contributed by atoms with Gasteiger partial charge in [-0.15, -0.1) is 0 Å². The number of ether oxygens (including phenoxy) is 1. The zero-order chi connectivity index (χ0) is 13.0. The molecule has 100 valence electrons. The Labute approximate surface area is 109 Å². The fraction of sp³-hybridized carbons (Fsp3) is 0.600. The Hall–Kier alpha value is -1.06. The van der Waals surface area contributed by atoms with Crippen LogP contribution >= 0.6 is 0 Å². The van der Waals surface area contributed by atoms with Crippen molar-refractivity contribution in [2.75, 3.05) is 7.11 Å². The van der Waals surface area contributed by atoms with Crippen LogP contribution in [-0.2, 0) is 0 Å². The van der Waals surface area contributed by atoms with Crippen LogP contribution in [0.2, 0.25) is 0 Å². The smallest absolute Gasteiger partial charge is 0.118 e. The van der Waals surface area contributed by atoms with Gasteiger partial charge in [0.15, 0.2) is 0 Å². The van der Waals surface area contributed by atoms with Crippen molar-refractivity contribution in [2.45, 2.75) is 50.8 Å². The second-order valence-corrected chi connectivity index (χ2v) is 5.12. The zero-order valence-electron chi connectivity index (χ0n) is 11.2. The van der Waals surface area contributed by atoms with Crippen LogP contribution in [0, 0.1) is 0 Å².